The summed E-state index contributed by atoms with van der Waals surface area (Å²) in [4.78, 5) is 0. The molecule has 0 spiro atoms. The zero-order chi connectivity index (χ0) is 38.7. The van der Waals surface area contributed by atoms with E-state index in [9.17, 15) is 0 Å². The minimum Gasteiger partial charge on any atom is -0.0622 e. The van der Waals surface area contributed by atoms with Crippen LogP contribution in [0.4, 0.5) is 0 Å². The second kappa shape index (κ2) is 12.4. The van der Waals surface area contributed by atoms with Gasteiger partial charge in [0.2, 0.25) is 0 Å². The van der Waals surface area contributed by atoms with Gasteiger partial charge < -0.3 is 0 Å². The molecule has 0 aromatic heterocycles. The largest absolute Gasteiger partial charge is 0.0622 e. The van der Waals surface area contributed by atoms with Gasteiger partial charge in [0.05, 0.1) is 0 Å². The Hall–Kier alpha value is -6.76. The van der Waals surface area contributed by atoms with Crippen molar-refractivity contribution in [2.45, 2.75) is 33.1 Å². The molecular weight excluding hydrogens is 697 g/mol. The molecule has 58 heavy (non-hydrogen) atoms. The molecule has 0 aliphatic heterocycles. The fourth-order valence-electron chi connectivity index (χ4n) is 11.1. The Morgan fingerprint density at radius 1 is 0.328 bits per heavy atom. The SMILES string of the molecule is CC(C)(C)C1=C2c3c(ccc4c3C(C1)c1c-4c(-c3ccccc3)c3ccccc3c1-c1ccccc1)-c1c2c(-c2ccccc2)c2ccccc2c1-c1ccccc1. The molecule has 0 fully saturated rings. The van der Waals surface area contributed by atoms with E-state index in [1.807, 2.05) is 0 Å². The van der Waals surface area contributed by atoms with Crippen molar-refractivity contribution < 1.29 is 0 Å². The lowest BCUT2D eigenvalue weighted by Crippen LogP contribution is -2.19. The maximum atomic E-state index is 2.50. The minimum absolute atomic E-state index is 0.0802. The molecule has 0 radical (unpaired) electrons. The van der Waals surface area contributed by atoms with Crippen LogP contribution >= 0.6 is 0 Å². The first-order chi connectivity index (χ1) is 28.5. The summed E-state index contributed by atoms with van der Waals surface area (Å²) in [5.41, 5.74) is 24.9. The van der Waals surface area contributed by atoms with Crippen LogP contribution < -0.4 is 0 Å². The van der Waals surface area contributed by atoms with Gasteiger partial charge in [-0.05, 0) is 128 Å². The Balaban J connectivity index is 1.29. The third-order valence-corrected chi connectivity index (χ3v) is 13.3. The van der Waals surface area contributed by atoms with E-state index in [0.717, 1.165) is 6.42 Å². The van der Waals surface area contributed by atoms with Crippen LogP contribution in [0.3, 0.4) is 0 Å². The van der Waals surface area contributed by atoms with Crippen molar-refractivity contribution in [3.8, 4) is 66.8 Å². The average molecular weight is 739 g/mol. The summed E-state index contributed by atoms with van der Waals surface area (Å²) in [5, 5.41) is 5.26. The molecule has 0 amide bonds. The van der Waals surface area contributed by atoms with Gasteiger partial charge >= 0.3 is 0 Å². The van der Waals surface area contributed by atoms with Gasteiger partial charge in [0.15, 0.2) is 0 Å². The Bertz CT molecular complexity index is 3180. The van der Waals surface area contributed by atoms with Gasteiger partial charge in [-0.1, -0.05) is 208 Å². The van der Waals surface area contributed by atoms with Gasteiger partial charge in [0.1, 0.15) is 0 Å². The van der Waals surface area contributed by atoms with Crippen LogP contribution in [0.2, 0.25) is 0 Å². The molecule has 9 aromatic rings. The number of fused-ring (bicyclic) bond motifs is 8. The third-order valence-electron chi connectivity index (χ3n) is 13.3. The molecule has 0 heterocycles. The number of hydrogen-bond donors (Lipinski definition) is 0. The second-order valence-corrected chi connectivity index (χ2v) is 17.4. The van der Waals surface area contributed by atoms with E-state index in [1.54, 1.807) is 5.57 Å². The molecule has 0 bridgehead atoms. The predicted octanol–water partition coefficient (Wildman–Crippen LogP) is 16.0. The van der Waals surface area contributed by atoms with Gasteiger partial charge in [0.25, 0.3) is 0 Å². The van der Waals surface area contributed by atoms with Crippen molar-refractivity contribution >= 4 is 27.1 Å². The van der Waals surface area contributed by atoms with E-state index in [-0.39, 0.29) is 11.3 Å². The quantitative estimate of drug-likeness (QED) is 0.169. The van der Waals surface area contributed by atoms with Gasteiger partial charge in [-0.2, -0.15) is 0 Å². The molecule has 1 atom stereocenters. The van der Waals surface area contributed by atoms with Crippen molar-refractivity contribution in [1.29, 1.82) is 0 Å². The Morgan fingerprint density at radius 3 is 1.17 bits per heavy atom. The molecular formula is C58H42. The van der Waals surface area contributed by atoms with Gasteiger partial charge in [-0.25, -0.2) is 0 Å². The summed E-state index contributed by atoms with van der Waals surface area (Å²) in [7, 11) is 0. The summed E-state index contributed by atoms with van der Waals surface area (Å²) in [6, 6.07) is 68.1. The maximum Gasteiger partial charge on any atom is 0.0152 e. The van der Waals surface area contributed by atoms with Gasteiger partial charge in [-0.3, -0.25) is 0 Å². The zero-order valence-electron chi connectivity index (χ0n) is 33.1. The summed E-state index contributed by atoms with van der Waals surface area (Å²) < 4.78 is 0. The van der Waals surface area contributed by atoms with E-state index in [4.69, 9.17) is 0 Å². The molecule has 1 unspecified atom stereocenters. The molecule has 0 heteroatoms. The topological polar surface area (TPSA) is 0 Å². The van der Waals surface area contributed by atoms with Crippen LogP contribution in [0.15, 0.2) is 188 Å². The third kappa shape index (κ3) is 4.58. The number of hydrogen-bond acceptors (Lipinski definition) is 0. The standard InChI is InChI=1S/C58H42/c1-58(2,3)46-34-45-51-43(52-47(35-20-8-4-9-21-35)39-28-16-17-29-40(39)49(55(45)52)37-24-12-6-13-25-37)32-33-44-53-48(36-22-10-5-11-23-36)41-30-18-19-31-42(41)50(38-26-14-7-15-27-38)57(53)56(46)54(44)51/h4-33,45H,34H2,1-3H3. The Labute approximate surface area is 340 Å². The van der Waals surface area contributed by atoms with Crippen molar-refractivity contribution in [3.63, 3.8) is 0 Å². The first-order valence-electron chi connectivity index (χ1n) is 20.8. The lowest BCUT2D eigenvalue weighted by molar-refractivity contribution is 0.474. The van der Waals surface area contributed by atoms with Crippen LogP contribution in [0.25, 0.3) is 93.9 Å². The molecule has 0 N–H and O–H groups in total. The second-order valence-electron chi connectivity index (χ2n) is 17.4. The van der Waals surface area contributed by atoms with Gasteiger partial charge in [-0.15, -0.1) is 0 Å². The lowest BCUT2D eigenvalue weighted by Gasteiger charge is -2.35. The van der Waals surface area contributed by atoms with E-state index >= 15 is 0 Å². The first kappa shape index (κ1) is 33.4. The summed E-state index contributed by atoms with van der Waals surface area (Å²) in [5.74, 6) is 0.212. The van der Waals surface area contributed by atoms with Gasteiger partial charge in [0, 0.05) is 5.92 Å². The molecule has 274 valence electrons. The highest BCUT2D eigenvalue weighted by Crippen LogP contribution is 2.68. The van der Waals surface area contributed by atoms with E-state index in [1.165, 1.54) is 116 Å². The van der Waals surface area contributed by atoms with Crippen molar-refractivity contribution in [2.24, 2.45) is 5.41 Å². The lowest BCUT2D eigenvalue weighted by atomic mass is 9.68. The van der Waals surface area contributed by atoms with Crippen LogP contribution in [0.5, 0.6) is 0 Å². The van der Waals surface area contributed by atoms with E-state index < -0.39 is 0 Å². The highest BCUT2D eigenvalue weighted by Gasteiger charge is 2.47. The number of allylic oxidation sites excluding steroid dienone is 1. The molecule has 0 saturated carbocycles. The van der Waals surface area contributed by atoms with E-state index in [0.29, 0.717) is 0 Å². The zero-order valence-corrected chi connectivity index (χ0v) is 33.1. The van der Waals surface area contributed by atoms with Crippen molar-refractivity contribution in [1.82, 2.24) is 0 Å². The molecule has 9 aromatic carbocycles. The van der Waals surface area contributed by atoms with Crippen molar-refractivity contribution in [2.75, 3.05) is 0 Å². The molecule has 12 rings (SSSR count). The van der Waals surface area contributed by atoms with E-state index in [2.05, 4.69) is 203 Å². The average Bonchev–Trinajstić information content (AvgIpc) is 3.77. The number of benzene rings is 9. The normalized spacial score (nSPS) is 14.8. The summed E-state index contributed by atoms with van der Waals surface area (Å²) in [6.45, 7) is 7.35. The van der Waals surface area contributed by atoms with Crippen LogP contribution in [0, 0.1) is 5.41 Å². The summed E-state index contributed by atoms with van der Waals surface area (Å²) >= 11 is 0. The smallest absolute Gasteiger partial charge is 0.0152 e. The van der Waals surface area contributed by atoms with Crippen LogP contribution in [-0.2, 0) is 0 Å². The minimum atomic E-state index is -0.0802. The number of rotatable bonds is 4. The monoisotopic (exact) mass is 738 g/mol. The first-order valence-corrected chi connectivity index (χ1v) is 20.8. The van der Waals surface area contributed by atoms with Crippen molar-refractivity contribution in [3.05, 3.63) is 210 Å². The maximum absolute atomic E-state index is 2.50. The molecule has 0 nitrogen and oxygen atoms in total. The summed E-state index contributed by atoms with van der Waals surface area (Å²) in [6.07, 6.45) is 0.975. The van der Waals surface area contributed by atoms with Crippen LogP contribution in [-0.4, -0.2) is 0 Å². The molecule has 0 saturated heterocycles. The fraction of sp³-hybridized carbons (Fsp3) is 0.103. The molecule has 3 aliphatic carbocycles. The Kier molecular flexibility index (Phi) is 7.12. The van der Waals surface area contributed by atoms with Crippen LogP contribution in [0.1, 0.15) is 55.4 Å². The highest BCUT2D eigenvalue weighted by molar-refractivity contribution is 6.24. The fourth-order valence-corrected chi connectivity index (χ4v) is 11.1. The molecule has 3 aliphatic rings. The Morgan fingerprint density at radius 2 is 0.707 bits per heavy atom. The predicted molar refractivity (Wildman–Crippen MR) is 246 cm³/mol. The highest BCUT2D eigenvalue weighted by atomic mass is 14.5.